The van der Waals surface area contributed by atoms with E-state index < -0.39 is 12.6 Å². The smallest absolute Gasteiger partial charge is 0.341 e. The summed E-state index contributed by atoms with van der Waals surface area (Å²) >= 11 is 11.5. The lowest BCUT2D eigenvalue weighted by atomic mass is 10.1. The van der Waals surface area contributed by atoms with Gasteiger partial charge >= 0.3 is 5.97 Å². The molecule has 1 heterocycles. The predicted molar refractivity (Wildman–Crippen MR) is 115 cm³/mol. The maximum Gasteiger partial charge on any atom is 0.341 e. The SMILES string of the molecule is COc1ccc(N2C(=O)/C(=C\c3cc(Cl)c(OCC(=O)O)c(OC)c3)NC2=S)cc1. The number of hydrogen-bond donors (Lipinski definition) is 2. The van der Waals surface area contributed by atoms with Crippen molar-refractivity contribution in [2.75, 3.05) is 25.7 Å². The first-order chi connectivity index (χ1) is 14.3. The number of nitrogens with one attached hydrogen (secondary N) is 1. The third kappa shape index (κ3) is 4.47. The molecule has 2 N–H and O–H groups in total. The Balaban J connectivity index is 1.89. The summed E-state index contributed by atoms with van der Waals surface area (Å²) in [6, 6.07) is 10.0. The number of halogens is 1. The normalized spacial score (nSPS) is 14.6. The lowest BCUT2D eigenvalue weighted by molar-refractivity contribution is -0.139. The van der Waals surface area contributed by atoms with E-state index in [9.17, 15) is 9.59 Å². The van der Waals surface area contributed by atoms with Gasteiger partial charge in [0.2, 0.25) is 0 Å². The van der Waals surface area contributed by atoms with Crippen LogP contribution >= 0.6 is 23.8 Å². The summed E-state index contributed by atoms with van der Waals surface area (Å²) in [5, 5.41) is 12.0. The van der Waals surface area contributed by atoms with E-state index in [1.807, 2.05) is 0 Å². The molecule has 10 heteroatoms. The molecule has 0 aliphatic carbocycles. The van der Waals surface area contributed by atoms with Gasteiger partial charge in [-0.1, -0.05) is 11.6 Å². The van der Waals surface area contributed by atoms with E-state index in [1.165, 1.54) is 18.1 Å². The van der Waals surface area contributed by atoms with Crippen LogP contribution in [0.25, 0.3) is 6.08 Å². The first kappa shape index (κ1) is 21.4. The Morgan fingerprint density at radius 3 is 2.53 bits per heavy atom. The second kappa shape index (κ2) is 9.02. The number of aliphatic carboxylic acids is 1. The van der Waals surface area contributed by atoms with Crippen molar-refractivity contribution in [3.8, 4) is 17.2 Å². The number of carbonyl (C=O) groups is 2. The molecule has 1 saturated heterocycles. The molecule has 0 atom stereocenters. The molecule has 30 heavy (non-hydrogen) atoms. The number of hydrogen-bond acceptors (Lipinski definition) is 6. The van der Waals surface area contributed by atoms with Gasteiger partial charge in [0.25, 0.3) is 5.91 Å². The lowest BCUT2D eigenvalue weighted by Crippen LogP contribution is -2.30. The zero-order valence-corrected chi connectivity index (χ0v) is 17.5. The minimum atomic E-state index is -1.15. The molecule has 2 aromatic carbocycles. The summed E-state index contributed by atoms with van der Waals surface area (Å²) in [7, 11) is 2.95. The van der Waals surface area contributed by atoms with Crippen LogP contribution in [0.4, 0.5) is 5.69 Å². The van der Waals surface area contributed by atoms with Gasteiger partial charge in [0.05, 0.1) is 24.9 Å². The van der Waals surface area contributed by atoms with Crippen molar-refractivity contribution in [2.45, 2.75) is 0 Å². The van der Waals surface area contributed by atoms with Gasteiger partial charge in [-0.15, -0.1) is 0 Å². The Hall–Kier alpha value is -3.30. The summed E-state index contributed by atoms with van der Waals surface area (Å²) < 4.78 is 15.5. The third-order valence-corrected chi connectivity index (χ3v) is 4.68. The molecule has 1 amide bonds. The fourth-order valence-electron chi connectivity index (χ4n) is 2.76. The van der Waals surface area contributed by atoms with Gasteiger partial charge < -0.3 is 24.6 Å². The number of benzene rings is 2. The predicted octanol–water partition coefficient (Wildman–Crippen LogP) is 3.08. The minimum Gasteiger partial charge on any atom is -0.497 e. The highest BCUT2D eigenvalue weighted by Gasteiger charge is 2.32. The van der Waals surface area contributed by atoms with Crippen molar-refractivity contribution in [2.24, 2.45) is 0 Å². The first-order valence-corrected chi connectivity index (χ1v) is 9.36. The van der Waals surface area contributed by atoms with Crippen LogP contribution in [0.3, 0.4) is 0 Å². The van der Waals surface area contributed by atoms with Crippen LogP contribution in [0.15, 0.2) is 42.1 Å². The number of nitrogens with zero attached hydrogens (tertiary/aromatic N) is 1. The van der Waals surface area contributed by atoms with Crippen molar-refractivity contribution >= 4 is 52.6 Å². The standard InChI is InChI=1S/C20H17ClN2O6S/c1-27-13-5-3-12(4-6-13)23-19(26)15(22-20(23)30)8-11-7-14(21)18(16(9-11)28-2)29-10-17(24)25/h3-9H,10H2,1-2H3,(H,22,30)(H,24,25)/b15-8+. The zero-order chi connectivity index (χ0) is 21.8. The van der Waals surface area contributed by atoms with Gasteiger partial charge in [-0.25, -0.2) is 4.79 Å². The lowest BCUT2D eigenvalue weighted by Gasteiger charge is -2.14. The van der Waals surface area contributed by atoms with E-state index in [0.29, 0.717) is 17.0 Å². The highest BCUT2D eigenvalue weighted by molar-refractivity contribution is 7.80. The highest BCUT2D eigenvalue weighted by atomic mass is 35.5. The van der Waals surface area contributed by atoms with E-state index in [-0.39, 0.29) is 33.2 Å². The monoisotopic (exact) mass is 448 g/mol. The highest BCUT2D eigenvalue weighted by Crippen LogP contribution is 2.37. The van der Waals surface area contributed by atoms with E-state index >= 15 is 0 Å². The molecule has 0 saturated carbocycles. The van der Waals surface area contributed by atoms with E-state index in [2.05, 4.69) is 5.32 Å². The van der Waals surface area contributed by atoms with Crippen LogP contribution in [0.1, 0.15) is 5.56 Å². The molecule has 1 fully saturated rings. The molecule has 1 aliphatic heterocycles. The maximum atomic E-state index is 12.9. The molecule has 0 radical (unpaired) electrons. The summed E-state index contributed by atoms with van der Waals surface area (Å²) in [5.41, 5.74) is 1.37. The number of rotatable bonds is 7. The fourth-order valence-corrected chi connectivity index (χ4v) is 3.34. The molecule has 156 valence electrons. The number of methoxy groups -OCH3 is 2. The maximum absolute atomic E-state index is 12.9. The number of carbonyl (C=O) groups excluding carboxylic acids is 1. The Kier molecular flexibility index (Phi) is 6.43. The zero-order valence-electron chi connectivity index (χ0n) is 16.0. The summed E-state index contributed by atoms with van der Waals surface area (Å²) in [6.07, 6.45) is 1.56. The Morgan fingerprint density at radius 1 is 1.23 bits per heavy atom. The van der Waals surface area contributed by atoms with Crippen LogP contribution in [-0.4, -0.2) is 42.9 Å². The minimum absolute atomic E-state index is 0.102. The number of anilines is 1. The van der Waals surface area contributed by atoms with Crippen LogP contribution in [0.5, 0.6) is 17.2 Å². The molecule has 2 aromatic rings. The quantitative estimate of drug-likeness (QED) is 0.492. The Bertz CT molecular complexity index is 1040. The van der Waals surface area contributed by atoms with E-state index in [1.54, 1.807) is 43.5 Å². The van der Waals surface area contributed by atoms with E-state index in [0.717, 1.165) is 0 Å². The number of carboxylic acids is 1. The average Bonchev–Trinajstić information content (AvgIpc) is 2.99. The Morgan fingerprint density at radius 2 is 1.93 bits per heavy atom. The van der Waals surface area contributed by atoms with Crippen LogP contribution in [0.2, 0.25) is 5.02 Å². The molecular formula is C20H17ClN2O6S. The Labute approximate surface area is 182 Å². The topological polar surface area (TPSA) is 97.3 Å². The molecule has 8 nitrogen and oxygen atoms in total. The number of amides is 1. The van der Waals surface area contributed by atoms with Gasteiger partial charge in [0.15, 0.2) is 23.2 Å². The average molecular weight is 449 g/mol. The second-order valence-electron chi connectivity index (χ2n) is 6.04. The molecule has 0 aromatic heterocycles. The first-order valence-electron chi connectivity index (χ1n) is 8.57. The number of ether oxygens (including phenoxy) is 3. The van der Waals surface area contributed by atoms with Gasteiger partial charge in [0, 0.05) is 0 Å². The summed E-state index contributed by atoms with van der Waals surface area (Å²) in [4.78, 5) is 25.0. The van der Waals surface area contributed by atoms with Crippen molar-refractivity contribution < 1.29 is 28.9 Å². The van der Waals surface area contributed by atoms with Gasteiger partial charge in [-0.05, 0) is 60.3 Å². The summed E-state index contributed by atoms with van der Waals surface area (Å²) in [6.45, 7) is -0.568. The molecule has 0 spiro atoms. The van der Waals surface area contributed by atoms with Crippen molar-refractivity contribution in [3.05, 3.63) is 52.7 Å². The molecule has 3 rings (SSSR count). The molecule has 0 unspecified atom stereocenters. The van der Waals surface area contributed by atoms with Crippen molar-refractivity contribution in [3.63, 3.8) is 0 Å². The molecular weight excluding hydrogens is 432 g/mol. The van der Waals surface area contributed by atoms with Crippen LogP contribution in [0, 0.1) is 0 Å². The van der Waals surface area contributed by atoms with Crippen LogP contribution < -0.4 is 24.4 Å². The third-order valence-electron chi connectivity index (χ3n) is 4.11. The van der Waals surface area contributed by atoms with E-state index in [4.69, 9.17) is 43.1 Å². The molecule has 0 bridgehead atoms. The largest absolute Gasteiger partial charge is 0.497 e. The molecule has 1 aliphatic rings. The van der Waals surface area contributed by atoms with Crippen molar-refractivity contribution in [1.82, 2.24) is 5.32 Å². The fraction of sp³-hybridized carbons (Fsp3) is 0.150. The van der Waals surface area contributed by atoms with Gasteiger partial charge in [-0.2, -0.15) is 0 Å². The summed E-state index contributed by atoms with van der Waals surface area (Å²) in [5.74, 6) is -0.494. The second-order valence-corrected chi connectivity index (χ2v) is 6.84. The number of carboxylic acid groups (broad SMARTS) is 1. The van der Waals surface area contributed by atoms with Gasteiger partial charge in [0.1, 0.15) is 11.4 Å². The number of thiocarbonyl (C=S) groups is 1. The van der Waals surface area contributed by atoms with Crippen LogP contribution in [-0.2, 0) is 9.59 Å². The van der Waals surface area contributed by atoms with Gasteiger partial charge in [-0.3, -0.25) is 9.69 Å². The van der Waals surface area contributed by atoms with Crippen molar-refractivity contribution in [1.29, 1.82) is 0 Å².